The summed E-state index contributed by atoms with van der Waals surface area (Å²) in [5, 5.41) is 9.19. The topological polar surface area (TPSA) is 23.8 Å². The molecule has 0 N–H and O–H groups in total. The van der Waals surface area contributed by atoms with Crippen LogP contribution in [-0.2, 0) is 0 Å². The highest BCUT2D eigenvalue weighted by Gasteiger charge is 3.04. The number of nitrogens with zero attached hydrogens (tertiary/aromatic N) is 1. The lowest BCUT2D eigenvalue weighted by molar-refractivity contribution is -0.337. The quantitative estimate of drug-likeness (QED) is 0.629. The summed E-state index contributed by atoms with van der Waals surface area (Å²) >= 11 is 7.82. The van der Waals surface area contributed by atoms with Crippen molar-refractivity contribution >= 4 is 31.9 Å². The fourth-order valence-corrected chi connectivity index (χ4v) is 9.18. The van der Waals surface area contributed by atoms with Gasteiger partial charge in [-0.3, -0.25) is 0 Å². The molecule has 0 aromatic carbocycles. The van der Waals surface area contributed by atoms with Crippen LogP contribution in [0, 0.1) is 52.8 Å². The van der Waals surface area contributed by atoms with Gasteiger partial charge in [-0.05, 0) is 35.5 Å². The second-order valence-corrected chi connectivity index (χ2v) is 8.21. The lowest BCUT2D eigenvalue weighted by Gasteiger charge is -2.90. The Balaban J connectivity index is 1.81. The van der Waals surface area contributed by atoms with Gasteiger partial charge in [0.25, 0.3) is 0 Å². The van der Waals surface area contributed by atoms with Crippen molar-refractivity contribution < 1.29 is 0 Å². The van der Waals surface area contributed by atoms with Crippen LogP contribution in [0.15, 0.2) is 0 Å². The van der Waals surface area contributed by atoms with E-state index in [4.69, 9.17) is 0 Å². The Morgan fingerprint density at radius 1 is 0.923 bits per heavy atom. The van der Waals surface area contributed by atoms with E-state index in [-0.39, 0.29) is 4.32 Å². The average Bonchev–Trinajstić information content (AvgIpc) is 2.28. The van der Waals surface area contributed by atoms with Gasteiger partial charge < -0.3 is 0 Å². The summed E-state index contributed by atoms with van der Waals surface area (Å²) in [7, 11) is 0. The van der Waals surface area contributed by atoms with Crippen LogP contribution in [0.3, 0.4) is 0 Å². The smallest absolute Gasteiger partial charge is 0.0673 e. The van der Waals surface area contributed by atoms with Crippen LogP contribution in [0.2, 0.25) is 0 Å². The van der Waals surface area contributed by atoms with Crippen LogP contribution in [0.5, 0.6) is 0 Å². The standard InChI is InChI=1S/C10H7Br2N/c11-9-2(1-13)3-4-6(9)8-7(9)5(3)10(4,8)12/h2-8H. The van der Waals surface area contributed by atoms with E-state index in [1.807, 2.05) is 0 Å². The van der Waals surface area contributed by atoms with Crippen LogP contribution >= 0.6 is 31.9 Å². The van der Waals surface area contributed by atoms with Crippen molar-refractivity contribution in [3.63, 3.8) is 0 Å². The average molecular weight is 301 g/mol. The Morgan fingerprint density at radius 2 is 1.46 bits per heavy atom. The Morgan fingerprint density at radius 3 is 1.92 bits per heavy atom. The largest absolute Gasteiger partial charge is 0.198 e. The maximum absolute atomic E-state index is 9.19. The van der Waals surface area contributed by atoms with Gasteiger partial charge in [0, 0.05) is 8.65 Å². The molecule has 0 spiro atoms. The Kier molecular flexibility index (Phi) is 0.724. The molecule has 1 nitrogen and oxygen atoms in total. The number of hydrogen-bond donors (Lipinski definition) is 0. The van der Waals surface area contributed by atoms with Gasteiger partial charge in [0.1, 0.15) is 0 Å². The first-order valence-corrected chi connectivity index (χ1v) is 6.54. The van der Waals surface area contributed by atoms with Crippen molar-refractivity contribution in [1.29, 1.82) is 5.26 Å². The fraction of sp³-hybridized carbons (Fsp3) is 0.900. The van der Waals surface area contributed by atoms with Crippen molar-refractivity contribution in [3.05, 3.63) is 0 Å². The molecule has 0 saturated heterocycles. The molecule has 2 bridgehead atoms. The van der Waals surface area contributed by atoms with Crippen LogP contribution in [-0.4, -0.2) is 8.65 Å². The fourth-order valence-electron chi connectivity index (χ4n) is 5.89. The van der Waals surface area contributed by atoms with E-state index < -0.39 is 0 Å². The summed E-state index contributed by atoms with van der Waals surface area (Å²) in [5.41, 5.74) is 0. The zero-order chi connectivity index (χ0) is 8.75. The van der Waals surface area contributed by atoms with E-state index in [0.717, 1.165) is 35.5 Å². The third-order valence-electron chi connectivity index (χ3n) is 5.93. The number of alkyl halides is 2. The van der Waals surface area contributed by atoms with Crippen molar-refractivity contribution in [1.82, 2.24) is 0 Å². The molecule has 6 aliphatic rings. The van der Waals surface area contributed by atoms with Crippen LogP contribution < -0.4 is 0 Å². The number of hydrogen-bond acceptors (Lipinski definition) is 1. The minimum absolute atomic E-state index is 0.280. The van der Waals surface area contributed by atoms with Crippen LogP contribution in [0.4, 0.5) is 0 Å². The summed E-state index contributed by atoms with van der Waals surface area (Å²) in [4.78, 5) is 0. The van der Waals surface area contributed by atoms with Crippen molar-refractivity contribution in [3.8, 4) is 6.07 Å². The first-order chi connectivity index (χ1) is 6.18. The summed E-state index contributed by atoms with van der Waals surface area (Å²) in [6.07, 6.45) is 0. The minimum atomic E-state index is 0.280. The van der Waals surface area contributed by atoms with Crippen molar-refractivity contribution in [2.45, 2.75) is 8.65 Å². The molecule has 0 radical (unpaired) electrons. The molecule has 0 heterocycles. The second kappa shape index (κ2) is 1.38. The Bertz CT molecular complexity index is 392. The monoisotopic (exact) mass is 299 g/mol. The van der Waals surface area contributed by atoms with E-state index in [0.29, 0.717) is 10.2 Å². The molecule has 6 saturated carbocycles. The van der Waals surface area contributed by atoms with Crippen LogP contribution in [0.1, 0.15) is 0 Å². The minimum Gasteiger partial charge on any atom is -0.198 e. The van der Waals surface area contributed by atoms with E-state index in [1.54, 1.807) is 0 Å². The molecular weight excluding hydrogens is 294 g/mol. The van der Waals surface area contributed by atoms with E-state index in [1.165, 1.54) is 0 Å². The van der Waals surface area contributed by atoms with Gasteiger partial charge >= 0.3 is 0 Å². The SMILES string of the molecule is N#CC1C2C3C4C5C(C2C35Br)C14Br. The first kappa shape index (κ1) is 6.85. The first-order valence-electron chi connectivity index (χ1n) is 4.96. The van der Waals surface area contributed by atoms with Gasteiger partial charge in [-0.2, -0.15) is 5.26 Å². The van der Waals surface area contributed by atoms with Gasteiger partial charge in [0.05, 0.1) is 12.0 Å². The van der Waals surface area contributed by atoms with E-state index >= 15 is 0 Å². The molecule has 0 aliphatic heterocycles. The summed E-state index contributed by atoms with van der Waals surface area (Å²) in [6.45, 7) is 0. The highest BCUT2D eigenvalue weighted by Crippen LogP contribution is 3.02. The lowest BCUT2D eigenvalue weighted by Crippen LogP contribution is -2.93. The molecule has 13 heavy (non-hydrogen) atoms. The summed E-state index contributed by atoms with van der Waals surface area (Å²) in [5.74, 6) is 5.46. The highest BCUT2D eigenvalue weighted by atomic mass is 79.9. The highest BCUT2D eigenvalue weighted by molar-refractivity contribution is 9.10. The molecular formula is C10H7Br2N. The molecule has 5 unspecified atom stereocenters. The molecule has 6 aliphatic carbocycles. The maximum atomic E-state index is 9.19. The summed E-state index contributed by atoms with van der Waals surface area (Å²) in [6, 6.07) is 2.55. The molecule has 0 amide bonds. The molecule has 3 heteroatoms. The third-order valence-corrected chi connectivity index (χ3v) is 9.07. The molecule has 6 fully saturated rings. The van der Waals surface area contributed by atoms with Gasteiger partial charge in [0.2, 0.25) is 0 Å². The molecule has 0 aromatic heterocycles. The van der Waals surface area contributed by atoms with Gasteiger partial charge in [0.15, 0.2) is 0 Å². The Labute approximate surface area is 93.1 Å². The third kappa shape index (κ3) is 0.308. The van der Waals surface area contributed by atoms with Crippen molar-refractivity contribution in [2.75, 3.05) is 0 Å². The van der Waals surface area contributed by atoms with E-state index in [2.05, 4.69) is 37.9 Å². The maximum Gasteiger partial charge on any atom is 0.0673 e. The Hall–Kier alpha value is 0.450. The lowest BCUT2D eigenvalue weighted by atomic mass is 9.20. The summed E-state index contributed by atoms with van der Waals surface area (Å²) < 4.78 is 0.817. The number of nitriles is 1. The second-order valence-electron chi connectivity index (χ2n) is 5.47. The molecule has 66 valence electrons. The zero-order valence-corrected chi connectivity index (χ0v) is 9.92. The predicted octanol–water partition coefficient (Wildman–Crippen LogP) is 2.16. The van der Waals surface area contributed by atoms with E-state index in [9.17, 15) is 5.26 Å². The number of halogens is 2. The van der Waals surface area contributed by atoms with Gasteiger partial charge in [-0.15, -0.1) is 0 Å². The normalized spacial score (nSPS) is 88.5. The number of rotatable bonds is 0. The van der Waals surface area contributed by atoms with Crippen molar-refractivity contribution in [2.24, 2.45) is 41.4 Å². The molecule has 0 aromatic rings. The van der Waals surface area contributed by atoms with Gasteiger partial charge in [-0.1, -0.05) is 31.9 Å². The van der Waals surface area contributed by atoms with Crippen LogP contribution in [0.25, 0.3) is 0 Å². The molecule has 5 atom stereocenters. The predicted molar refractivity (Wildman–Crippen MR) is 53.4 cm³/mol. The molecule has 6 rings (SSSR count). The zero-order valence-electron chi connectivity index (χ0n) is 6.74. The van der Waals surface area contributed by atoms with Gasteiger partial charge in [-0.25, -0.2) is 0 Å².